The number of carbonyl (C=O) groups excluding carboxylic acids is 1. The monoisotopic (exact) mass is 334 g/mol. The number of rotatable bonds is 4. The summed E-state index contributed by atoms with van der Waals surface area (Å²) >= 11 is 0. The van der Waals surface area contributed by atoms with Crippen LogP contribution in [0.2, 0.25) is 0 Å². The number of pyridine rings is 1. The van der Waals surface area contributed by atoms with Crippen LogP contribution in [0.4, 0.5) is 9.70 Å². The Bertz CT molecular complexity index is 807. The Morgan fingerprint density at radius 2 is 1.87 bits per heavy atom. The van der Waals surface area contributed by atoms with Gasteiger partial charge in [-0.05, 0) is 17.7 Å². The fourth-order valence-electron chi connectivity index (χ4n) is 2.74. The Morgan fingerprint density at radius 3 is 2.48 bits per heavy atom. The summed E-state index contributed by atoms with van der Waals surface area (Å²) in [5.41, 5.74) is 1.93. The van der Waals surface area contributed by atoms with Gasteiger partial charge in [0.15, 0.2) is 0 Å². The molecule has 7 heteroatoms. The van der Waals surface area contributed by atoms with Gasteiger partial charge in [0.25, 0.3) is 0 Å². The highest BCUT2D eigenvalue weighted by molar-refractivity contribution is 7.86. The number of benzene rings is 1. The third kappa shape index (κ3) is 3.73. The van der Waals surface area contributed by atoms with Crippen molar-refractivity contribution in [3.63, 3.8) is 0 Å². The molecule has 0 bridgehead atoms. The summed E-state index contributed by atoms with van der Waals surface area (Å²) in [4.78, 5) is 17.7. The van der Waals surface area contributed by atoms with E-state index in [9.17, 15) is 17.1 Å². The molecule has 2 heterocycles. The summed E-state index contributed by atoms with van der Waals surface area (Å²) in [7, 11) is -4.58. The van der Waals surface area contributed by atoms with Crippen LogP contribution in [0.25, 0.3) is 11.1 Å². The Balaban J connectivity index is 1.76. The van der Waals surface area contributed by atoms with E-state index in [2.05, 4.69) is 4.98 Å². The summed E-state index contributed by atoms with van der Waals surface area (Å²) < 4.78 is 34.2. The molecule has 1 amide bonds. The summed E-state index contributed by atoms with van der Waals surface area (Å²) in [6.07, 6.45) is 1.68. The SMILES string of the molecule is O=C1CC(CS(=O)(=O)F)CN1c1ccc(-c2ccccc2)cn1. The van der Waals surface area contributed by atoms with Crippen molar-refractivity contribution in [2.75, 3.05) is 17.2 Å². The van der Waals surface area contributed by atoms with E-state index >= 15 is 0 Å². The molecule has 0 N–H and O–H groups in total. The number of hydrogen-bond acceptors (Lipinski definition) is 4. The van der Waals surface area contributed by atoms with Gasteiger partial charge in [0.2, 0.25) is 5.91 Å². The molecule has 1 saturated heterocycles. The molecular weight excluding hydrogens is 319 g/mol. The van der Waals surface area contributed by atoms with Crippen molar-refractivity contribution in [1.29, 1.82) is 0 Å². The molecule has 2 aromatic rings. The number of nitrogens with zero attached hydrogens (tertiary/aromatic N) is 2. The maximum absolute atomic E-state index is 12.8. The molecule has 23 heavy (non-hydrogen) atoms. The number of hydrogen-bond donors (Lipinski definition) is 0. The average molecular weight is 334 g/mol. The van der Waals surface area contributed by atoms with Crippen molar-refractivity contribution in [2.45, 2.75) is 6.42 Å². The molecule has 120 valence electrons. The topological polar surface area (TPSA) is 67.3 Å². The van der Waals surface area contributed by atoms with Crippen molar-refractivity contribution < 1.29 is 17.1 Å². The first kappa shape index (κ1) is 15.6. The second-order valence-electron chi connectivity index (χ2n) is 5.55. The van der Waals surface area contributed by atoms with E-state index in [1.165, 1.54) is 4.90 Å². The fraction of sp³-hybridized carbons (Fsp3) is 0.250. The quantitative estimate of drug-likeness (QED) is 0.805. The predicted molar refractivity (Wildman–Crippen MR) is 85.0 cm³/mol. The highest BCUT2D eigenvalue weighted by Crippen LogP contribution is 2.26. The Hall–Kier alpha value is -2.28. The zero-order chi connectivity index (χ0) is 16.4. The van der Waals surface area contributed by atoms with Gasteiger partial charge in [-0.25, -0.2) is 4.98 Å². The van der Waals surface area contributed by atoms with Crippen LogP contribution in [0, 0.1) is 5.92 Å². The number of amides is 1. The van der Waals surface area contributed by atoms with Crippen LogP contribution >= 0.6 is 0 Å². The third-order valence-corrected chi connectivity index (χ3v) is 4.64. The third-order valence-electron chi connectivity index (χ3n) is 3.77. The molecule has 1 atom stereocenters. The van der Waals surface area contributed by atoms with E-state index in [0.717, 1.165) is 11.1 Å². The first-order valence-electron chi connectivity index (χ1n) is 7.16. The first-order chi connectivity index (χ1) is 10.9. The lowest BCUT2D eigenvalue weighted by molar-refractivity contribution is -0.117. The van der Waals surface area contributed by atoms with Crippen LogP contribution < -0.4 is 4.90 Å². The number of halogens is 1. The molecule has 0 spiro atoms. The van der Waals surface area contributed by atoms with E-state index in [0.29, 0.717) is 5.82 Å². The van der Waals surface area contributed by atoms with Crippen molar-refractivity contribution >= 4 is 21.9 Å². The van der Waals surface area contributed by atoms with Crippen LogP contribution in [0.15, 0.2) is 48.7 Å². The molecule has 0 saturated carbocycles. The molecule has 5 nitrogen and oxygen atoms in total. The number of aromatic nitrogens is 1. The number of anilines is 1. The lowest BCUT2D eigenvalue weighted by Gasteiger charge is -2.15. The zero-order valence-corrected chi connectivity index (χ0v) is 13.0. The normalized spacial score (nSPS) is 18.4. The van der Waals surface area contributed by atoms with E-state index in [4.69, 9.17) is 0 Å². The smallest absolute Gasteiger partial charge is 0.296 e. The van der Waals surface area contributed by atoms with Gasteiger partial charge in [-0.1, -0.05) is 30.3 Å². The minimum absolute atomic E-state index is 0.0191. The van der Waals surface area contributed by atoms with Crippen molar-refractivity contribution in [3.05, 3.63) is 48.7 Å². The molecule has 0 aliphatic carbocycles. The van der Waals surface area contributed by atoms with E-state index in [1.807, 2.05) is 36.4 Å². The summed E-state index contributed by atoms with van der Waals surface area (Å²) in [5.74, 6) is -0.947. The molecule has 1 aromatic carbocycles. The highest BCUT2D eigenvalue weighted by atomic mass is 32.3. The van der Waals surface area contributed by atoms with Gasteiger partial charge in [-0.15, -0.1) is 3.89 Å². The van der Waals surface area contributed by atoms with Crippen LogP contribution in [0.5, 0.6) is 0 Å². The van der Waals surface area contributed by atoms with Crippen LogP contribution in [0.1, 0.15) is 6.42 Å². The lowest BCUT2D eigenvalue weighted by atomic mass is 10.1. The molecule has 1 aliphatic rings. The largest absolute Gasteiger partial charge is 0.302 e. The number of carbonyl (C=O) groups is 1. The van der Waals surface area contributed by atoms with E-state index < -0.39 is 21.9 Å². The average Bonchev–Trinajstić information content (AvgIpc) is 2.87. The molecule has 1 fully saturated rings. The predicted octanol–water partition coefficient (Wildman–Crippen LogP) is 2.40. The minimum Gasteiger partial charge on any atom is -0.296 e. The molecule has 1 aliphatic heterocycles. The van der Waals surface area contributed by atoms with Gasteiger partial charge in [0, 0.05) is 30.6 Å². The van der Waals surface area contributed by atoms with Crippen molar-refractivity contribution in [3.8, 4) is 11.1 Å². The summed E-state index contributed by atoms with van der Waals surface area (Å²) in [5, 5.41) is 0. The van der Waals surface area contributed by atoms with Crippen molar-refractivity contribution in [2.24, 2.45) is 5.92 Å². The first-order valence-corrected chi connectivity index (χ1v) is 8.72. The van der Waals surface area contributed by atoms with Crippen LogP contribution in [-0.4, -0.2) is 31.6 Å². The molecular formula is C16H15FN2O3S. The van der Waals surface area contributed by atoms with Gasteiger partial charge in [0.1, 0.15) is 5.82 Å². The van der Waals surface area contributed by atoms with Gasteiger partial charge >= 0.3 is 10.2 Å². The van der Waals surface area contributed by atoms with Gasteiger partial charge in [-0.2, -0.15) is 8.42 Å². The maximum Gasteiger partial charge on any atom is 0.302 e. The standard InChI is InChI=1S/C16H15FN2O3S/c17-23(21,22)11-12-8-16(20)19(10-12)15-7-6-14(9-18-15)13-4-2-1-3-5-13/h1-7,9,12H,8,10-11H2. The second kappa shape index (κ2) is 6.08. The highest BCUT2D eigenvalue weighted by Gasteiger charge is 2.34. The van der Waals surface area contributed by atoms with E-state index in [-0.39, 0.29) is 18.9 Å². The Kier molecular flexibility index (Phi) is 4.12. The van der Waals surface area contributed by atoms with Gasteiger partial charge < -0.3 is 0 Å². The lowest BCUT2D eigenvalue weighted by Crippen LogP contribution is -2.26. The Morgan fingerprint density at radius 1 is 1.13 bits per heavy atom. The van der Waals surface area contributed by atoms with Crippen LogP contribution in [0.3, 0.4) is 0 Å². The molecule has 3 rings (SSSR count). The Labute approximate surface area is 134 Å². The molecule has 0 radical (unpaired) electrons. The van der Waals surface area contributed by atoms with Gasteiger partial charge in [-0.3, -0.25) is 9.69 Å². The minimum atomic E-state index is -4.58. The maximum atomic E-state index is 12.8. The van der Waals surface area contributed by atoms with E-state index in [1.54, 1.807) is 12.3 Å². The van der Waals surface area contributed by atoms with Crippen LogP contribution in [-0.2, 0) is 15.0 Å². The van der Waals surface area contributed by atoms with Crippen molar-refractivity contribution in [1.82, 2.24) is 4.98 Å². The molecule has 1 aromatic heterocycles. The second-order valence-corrected chi connectivity index (χ2v) is 6.96. The fourth-order valence-corrected chi connectivity index (χ4v) is 3.53. The van der Waals surface area contributed by atoms with Gasteiger partial charge in [0.05, 0.1) is 5.75 Å². The molecule has 1 unspecified atom stereocenters. The summed E-state index contributed by atoms with van der Waals surface area (Å²) in [6.45, 7) is 0.166. The zero-order valence-electron chi connectivity index (χ0n) is 12.2. The summed E-state index contributed by atoms with van der Waals surface area (Å²) in [6, 6.07) is 13.3.